The van der Waals surface area contributed by atoms with Crippen LogP contribution in [0.2, 0.25) is 0 Å². The molecule has 0 spiro atoms. The molecule has 1 aliphatic heterocycles. The molecule has 1 atom stereocenters. The summed E-state index contributed by atoms with van der Waals surface area (Å²) in [5.41, 5.74) is -0.0709. The van der Waals surface area contributed by atoms with Gasteiger partial charge in [0.25, 0.3) is 0 Å². The second-order valence-corrected chi connectivity index (χ2v) is 6.37. The van der Waals surface area contributed by atoms with Gasteiger partial charge in [-0.15, -0.1) is 0 Å². The first-order valence-electron chi connectivity index (χ1n) is 7.62. The molecule has 1 fully saturated rings. The van der Waals surface area contributed by atoms with Crippen molar-refractivity contribution >= 4 is 11.8 Å². The lowest BCUT2D eigenvalue weighted by atomic mass is 9.77. The van der Waals surface area contributed by atoms with Gasteiger partial charge in [-0.2, -0.15) is 0 Å². The molecule has 0 aromatic carbocycles. The number of piperidine rings is 1. The topological polar surface area (TPSA) is 70.7 Å². The van der Waals surface area contributed by atoms with Gasteiger partial charge in [0.1, 0.15) is 0 Å². The highest BCUT2D eigenvalue weighted by molar-refractivity contribution is 5.87. The van der Waals surface area contributed by atoms with Gasteiger partial charge < -0.3 is 20.3 Å². The number of methoxy groups -OCH3 is 1. The fourth-order valence-corrected chi connectivity index (χ4v) is 2.65. The number of ether oxygens (including phenoxy) is 1. The second-order valence-electron chi connectivity index (χ2n) is 6.37. The number of amides is 2. The summed E-state index contributed by atoms with van der Waals surface area (Å²) in [5, 5.41) is 6.08. The molecule has 0 aromatic rings. The van der Waals surface area contributed by atoms with Gasteiger partial charge in [-0.1, -0.05) is 13.8 Å². The number of rotatable bonds is 7. The van der Waals surface area contributed by atoms with Crippen molar-refractivity contribution in [2.75, 3.05) is 40.4 Å². The molecule has 0 radical (unpaired) electrons. The lowest BCUT2D eigenvalue weighted by Crippen LogP contribution is -2.56. The van der Waals surface area contributed by atoms with Crippen LogP contribution in [0.5, 0.6) is 0 Å². The standard InChI is InChI=1S/C15H29N3O3/c1-15(2)7-5-8-17-13(15)14(20)18(3)11-12(19)16-9-6-10-21-4/h13,17H,5-11H2,1-4H3,(H,16,19). The maximum absolute atomic E-state index is 12.5. The maximum Gasteiger partial charge on any atom is 0.240 e. The van der Waals surface area contributed by atoms with E-state index in [1.54, 1.807) is 14.2 Å². The van der Waals surface area contributed by atoms with Gasteiger partial charge >= 0.3 is 0 Å². The quantitative estimate of drug-likeness (QED) is 0.667. The van der Waals surface area contributed by atoms with E-state index in [4.69, 9.17) is 4.74 Å². The minimum atomic E-state index is -0.211. The molecule has 122 valence electrons. The Morgan fingerprint density at radius 2 is 2.14 bits per heavy atom. The predicted octanol–water partition coefficient (Wildman–Crippen LogP) is 0.376. The number of nitrogens with one attached hydrogen (secondary N) is 2. The molecule has 1 heterocycles. The van der Waals surface area contributed by atoms with Gasteiger partial charge in [-0.25, -0.2) is 0 Å². The SMILES string of the molecule is COCCCNC(=O)CN(C)C(=O)C1NCCCC1(C)C. The third-order valence-corrected chi connectivity index (χ3v) is 3.98. The van der Waals surface area contributed by atoms with Crippen LogP contribution < -0.4 is 10.6 Å². The summed E-state index contributed by atoms with van der Waals surface area (Å²) in [6, 6.07) is -0.211. The highest BCUT2D eigenvalue weighted by atomic mass is 16.5. The molecule has 6 heteroatoms. The van der Waals surface area contributed by atoms with Gasteiger partial charge in [0.15, 0.2) is 0 Å². The molecule has 21 heavy (non-hydrogen) atoms. The molecule has 1 unspecified atom stereocenters. The third kappa shape index (κ3) is 5.63. The van der Waals surface area contributed by atoms with E-state index < -0.39 is 0 Å². The van der Waals surface area contributed by atoms with E-state index in [9.17, 15) is 9.59 Å². The van der Waals surface area contributed by atoms with E-state index in [1.165, 1.54) is 4.90 Å². The summed E-state index contributed by atoms with van der Waals surface area (Å²) >= 11 is 0. The number of hydrogen-bond donors (Lipinski definition) is 2. The minimum Gasteiger partial charge on any atom is -0.385 e. The number of hydrogen-bond acceptors (Lipinski definition) is 4. The third-order valence-electron chi connectivity index (χ3n) is 3.98. The van der Waals surface area contributed by atoms with Crippen LogP contribution in [0.25, 0.3) is 0 Å². The normalized spacial score (nSPS) is 20.9. The summed E-state index contributed by atoms with van der Waals surface area (Å²) in [4.78, 5) is 25.8. The average molecular weight is 299 g/mol. The fraction of sp³-hybridized carbons (Fsp3) is 0.867. The van der Waals surface area contributed by atoms with Crippen molar-refractivity contribution in [3.05, 3.63) is 0 Å². The van der Waals surface area contributed by atoms with Crippen LogP contribution in [-0.4, -0.2) is 63.2 Å². The van der Waals surface area contributed by atoms with E-state index in [1.807, 2.05) is 0 Å². The molecule has 1 aliphatic rings. The zero-order valence-electron chi connectivity index (χ0n) is 13.7. The molecular weight excluding hydrogens is 270 g/mol. The summed E-state index contributed by atoms with van der Waals surface area (Å²) in [6.45, 7) is 6.34. The molecule has 0 bridgehead atoms. The summed E-state index contributed by atoms with van der Waals surface area (Å²) < 4.78 is 4.92. The van der Waals surface area contributed by atoms with Gasteiger partial charge in [-0.3, -0.25) is 9.59 Å². The molecule has 1 rings (SSSR count). The van der Waals surface area contributed by atoms with Crippen molar-refractivity contribution in [3.8, 4) is 0 Å². The number of carbonyl (C=O) groups excluding carboxylic acids is 2. The highest BCUT2D eigenvalue weighted by Gasteiger charge is 2.38. The Hall–Kier alpha value is -1.14. The zero-order chi connectivity index (χ0) is 15.9. The van der Waals surface area contributed by atoms with Gasteiger partial charge in [0.2, 0.25) is 11.8 Å². The molecule has 2 amide bonds. The van der Waals surface area contributed by atoms with Crippen LogP contribution in [0.15, 0.2) is 0 Å². The van der Waals surface area contributed by atoms with E-state index in [0.717, 1.165) is 25.8 Å². The Labute approximate surface area is 127 Å². The van der Waals surface area contributed by atoms with Gasteiger partial charge in [-0.05, 0) is 31.2 Å². The molecule has 1 saturated heterocycles. The van der Waals surface area contributed by atoms with Crippen LogP contribution in [0.3, 0.4) is 0 Å². The summed E-state index contributed by atoms with van der Waals surface area (Å²) in [6.07, 6.45) is 2.88. The van der Waals surface area contributed by atoms with E-state index in [0.29, 0.717) is 13.2 Å². The lowest BCUT2D eigenvalue weighted by Gasteiger charge is -2.39. The first-order valence-corrected chi connectivity index (χ1v) is 7.62. The van der Waals surface area contributed by atoms with Crippen LogP contribution in [0.1, 0.15) is 33.1 Å². The van der Waals surface area contributed by atoms with Gasteiger partial charge in [0.05, 0.1) is 12.6 Å². The number of nitrogens with zero attached hydrogens (tertiary/aromatic N) is 1. The fourth-order valence-electron chi connectivity index (χ4n) is 2.65. The molecule has 0 saturated carbocycles. The van der Waals surface area contributed by atoms with E-state index >= 15 is 0 Å². The first kappa shape index (κ1) is 17.9. The largest absolute Gasteiger partial charge is 0.385 e. The van der Waals surface area contributed by atoms with Crippen molar-refractivity contribution in [1.82, 2.24) is 15.5 Å². The Kier molecular flexibility index (Phi) is 7.11. The first-order chi connectivity index (χ1) is 9.88. The van der Waals surface area contributed by atoms with Crippen molar-refractivity contribution in [3.63, 3.8) is 0 Å². The molecule has 6 nitrogen and oxygen atoms in total. The van der Waals surface area contributed by atoms with Crippen molar-refractivity contribution in [1.29, 1.82) is 0 Å². The Bertz CT molecular complexity index is 358. The highest BCUT2D eigenvalue weighted by Crippen LogP contribution is 2.30. The predicted molar refractivity (Wildman–Crippen MR) is 81.9 cm³/mol. The van der Waals surface area contributed by atoms with Crippen LogP contribution in [0.4, 0.5) is 0 Å². The zero-order valence-corrected chi connectivity index (χ0v) is 13.7. The van der Waals surface area contributed by atoms with Crippen LogP contribution >= 0.6 is 0 Å². The minimum absolute atomic E-state index is 0.00765. The van der Waals surface area contributed by atoms with Crippen molar-refractivity contribution in [2.24, 2.45) is 5.41 Å². The Morgan fingerprint density at radius 1 is 1.43 bits per heavy atom. The molecule has 0 aromatic heterocycles. The van der Waals surface area contributed by atoms with Crippen molar-refractivity contribution in [2.45, 2.75) is 39.2 Å². The summed E-state index contributed by atoms with van der Waals surface area (Å²) in [7, 11) is 3.32. The number of carbonyl (C=O) groups is 2. The van der Waals surface area contributed by atoms with Crippen molar-refractivity contribution < 1.29 is 14.3 Å². The Balaban J connectivity index is 2.41. The number of likely N-dealkylation sites (N-methyl/N-ethyl adjacent to an activating group) is 1. The van der Waals surface area contributed by atoms with Gasteiger partial charge in [0, 0.05) is 27.3 Å². The maximum atomic E-state index is 12.5. The smallest absolute Gasteiger partial charge is 0.240 e. The molecule has 0 aliphatic carbocycles. The monoisotopic (exact) mass is 299 g/mol. The van der Waals surface area contributed by atoms with E-state index in [-0.39, 0.29) is 29.8 Å². The molecule has 2 N–H and O–H groups in total. The Morgan fingerprint density at radius 3 is 2.76 bits per heavy atom. The van der Waals surface area contributed by atoms with Crippen LogP contribution in [0, 0.1) is 5.41 Å². The van der Waals surface area contributed by atoms with Crippen LogP contribution in [-0.2, 0) is 14.3 Å². The lowest BCUT2D eigenvalue weighted by molar-refractivity contribution is -0.139. The van der Waals surface area contributed by atoms with E-state index in [2.05, 4.69) is 24.5 Å². The molecular formula is C15H29N3O3. The second kappa shape index (κ2) is 8.34. The summed E-state index contributed by atoms with van der Waals surface area (Å²) in [5.74, 6) is -0.137. The average Bonchev–Trinajstić information content (AvgIpc) is 2.42.